The number of nitrogens with zero attached hydrogens (tertiary/aromatic N) is 4. The Morgan fingerprint density at radius 1 is 0.566 bits per heavy atom. The predicted molar refractivity (Wildman–Crippen MR) is 215 cm³/mol. The zero-order valence-electron chi connectivity index (χ0n) is 29.5. The first-order valence-corrected chi connectivity index (χ1v) is 18.3. The van der Waals surface area contributed by atoms with Gasteiger partial charge in [-0.2, -0.15) is 0 Å². The minimum Gasteiger partial charge on any atom is -0.456 e. The van der Waals surface area contributed by atoms with Crippen molar-refractivity contribution < 1.29 is 4.42 Å². The Bertz CT molecular complexity index is 2910. The van der Waals surface area contributed by atoms with Crippen LogP contribution in [0.4, 0.5) is 0 Å². The molecule has 0 unspecified atom stereocenters. The van der Waals surface area contributed by atoms with E-state index in [1.807, 2.05) is 60.7 Å². The fourth-order valence-electron chi connectivity index (χ4n) is 8.83. The van der Waals surface area contributed by atoms with E-state index in [1.165, 1.54) is 55.3 Å². The van der Waals surface area contributed by atoms with Gasteiger partial charge in [0.25, 0.3) is 0 Å². The molecule has 0 fully saturated rings. The molecule has 0 atom stereocenters. The molecule has 9 aromatic rings. The lowest BCUT2D eigenvalue weighted by Gasteiger charge is -2.21. The van der Waals surface area contributed by atoms with Gasteiger partial charge in [-0.25, -0.2) is 15.0 Å². The SMILES string of the molecule is CC1(C)c2ccccc2-c2c1ccc1c2c2ccccc2n1C1=Cc2oc3cc(-c4nc(-c5ccccc5)nc(-c5ccccc5)n4)ccc3c2CC1. The van der Waals surface area contributed by atoms with E-state index in [0.717, 1.165) is 46.3 Å². The average Bonchev–Trinajstić information content (AvgIpc) is 3.83. The number of allylic oxidation sites excluding steroid dienone is 1. The van der Waals surface area contributed by atoms with E-state index in [0.29, 0.717) is 17.5 Å². The van der Waals surface area contributed by atoms with Crippen molar-refractivity contribution in [1.29, 1.82) is 0 Å². The molecular weight excluding hydrogens is 649 g/mol. The smallest absolute Gasteiger partial charge is 0.164 e. The molecule has 11 rings (SSSR count). The number of fused-ring (bicyclic) bond motifs is 10. The van der Waals surface area contributed by atoms with Crippen molar-refractivity contribution in [2.75, 3.05) is 0 Å². The minimum absolute atomic E-state index is 0.0526. The zero-order valence-corrected chi connectivity index (χ0v) is 29.5. The first-order valence-electron chi connectivity index (χ1n) is 18.3. The van der Waals surface area contributed by atoms with Gasteiger partial charge < -0.3 is 8.98 Å². The number of benzene rings is 6. The lowest BCUT2D eigenvalue weighted by molar-refractivity contribution is 0.595. The summed E-state index contributed by atoms with van der Waals surface area (Å²) in [6, 6.07) is 49.0. The summed E-state index contributed by atoms with van der Waals surface area (Å²) in [6.45, 7) is 4.71. The Kier molecular flexibility index (Phi) is 6.36. The van der Waals surface area contributed by atoms with Gasteiger partial charge in [0.05, 0.1) is 11.0 Å². The number of aromatic nitrogens is 4. The largest absolute Gasteiger partial charge is 0.456 e. The van der Waals surface area contributed by atoms with Crippen molar-refractivity contribution >= 4 is 44.5 Å². The number of para-hydroxylation sites is 1. The van der Waals surface area contributed by atoms with Crippen molar-refractivity contribution in [1.82, 2.24) is 19.5 Å². The van der Waals surface area contributed by atoms with Gasteiger partial charge >= 0.3 is 0 Å². The van der Waals surface area contributed by atoms with Crippen LogP contribution in [0.3, 0.4) is 0 Å². The number of hydrogen-bond donors (Lipinski definition) is 0. The lowest BCUT2D eigenvalue weighted by atomic mass is 9.82. The fourth-order valence-corrected chi connectivity index (χ4v) is 8.83. The molecule has 0 spiro atoms. The van der Waals surface area contributed by atoms with Crippen LogP contribution >= 0.6 is 0 Å². The Hall–Kier alpha value is -6.59. The number of hydrogen-bond acceptors (Lipinski definition) is 4. The molecule has 0 saturated carbocycles. The summed E-state index contributed by atoms with van der Waals surface area (Å²) in [5.41, 5.74) is 14.0. The van der Waals surface area contributed by atoms with Crippen molar-refractivity contribution in [2.45, 2.75) is 32.1 Å². The van der Waals surface area contributed by atoms with Crippen LogP contribution in [0, 0.1) is 0 Å². The van der Waals surface area contributed by atoms with Gasteiger partial charge in [-0.3, -0.25) is 0 Å². The van der Waals surface area contributed by atoms with Crippen molar-refractivity contribution in [3.05, 3.63) is 162 Å². The van der Waals surface area contributed by atoms with E-state index in [9.17, 15) is 0 Å². The van der Waals surface area contributed by atoms with Crippen LogP contribution in [0.2, 0.25) is 0 Å². The molecule has 252 valence electrons. The van der Waals surface area contributed by atoms with Crippen LogP contribution in [0.25, 0.3) is 89.8 Å². The second-order valence-corrected chi connectivity index (χ2v) is 14.7. The van der Waals surface area contributed by atoms with Crippen LogP contribution in [0.1, 0.15) is 42.7 Å². The van der Waals surface area contributed by atoms with Crippen LogP contribution in [0.5, 0.6) is 0 Å². The second-order valence-electron chi connectivity index (χ2n) is 14.7. The highest BCUT2D eigenvalue weighted by Crippen LogP contribution is 2.53. The highest BCUT2D eigenvalue weighted by atomic mass is 16.3. The molecule has 3 heterocycles. The van der Waals surface area contributed by atoms with E-state index in [-0.39, 0.29) is 5.41 Å². The molecule has 5 nitrogen and oxygen atoms in total. The van der Waals surface area contributed by atoms with Gasteiger partial charge in [-0.15, -0.1) is 0 Å². The molecule has 2 aliphatic carbocycles. The van der Waals surface area contributed by atoms with Gasteiger partial charge in [0, 0.05) is 55.6 Å². The lowest BCUT2D eigenvalue weighted by Crippen LogP contribution is -2.14. The maximum absolute atomic E-state index is 6.72. The molecule has 0 amide bonds. The molecule has 0 radical (unpaired) electrons. The monoisotopic (exact) mass is 682 g/mol. The third-order valence-corrected chi connectivity index (χ3v) is 11.4. The molecule has 6 aromatic carbocycles. The Labute approximate surface area is 306 Å². The Morgan fingerprint density at radius 3 is 1.98 bits per heavy atom. The number of aryl methyl sites for hydroxylation is 1. The Morgan fingerprint density at radius 2 is 1.23 bits per heavy atom. The second kappa shape index (κ2) is 11.2. The van der Waals surface area contributed by atoms with Crippen molar-refractivity contribution in [3.63, 3.8) is 0 Å². The van der Waals surface area contributed by atoms with E-state index >= 15 is 0 Å². The summed E-state index contributed by atoms with van der Waals surface area (Å²) in [7, 11) is 0. The van der Waals surface area contributed by atoms with Crippen LogP contribution in [-0.2, 0) is 11.8 Å². The molecule has 0 bridgehead atoms. The summed E-state index contributed by atoms with van der Waals surface area (Å²) in [4.78, 5) is 14.8. The standard InChI is InChI=1S/C48H34N4O/c1-48(2)37-19-11-9-17-35(37)43-38(48)25-26-40-44(43)36-18-10-12-20-39(36)52(40)32-22-24-34-33-23-21-31(27-41(33)53-42(34)28-32)47-50-45(29-13-5-3-6-14-29)49-46(51-47)30-15-7-4-8-16-30/h3-21,23,25-28H,22,24H2,1-2H3. The summed E-state index contributed by atoms with van der Waals surface area (Å²) in [5, 5.41) is 3.76. The molecular formula is C48H34N4O. The highest BCUT2D eigenvalue weighted by molar-refractivity contribution is 6.18. The molecule has 2 aliphatic rings. The van der Waals surface area contributed by atoms with Gasteiger partial charge in [-0.1, -0.05) is 135 Å². The van der Waals surface area contributed by atoms with Crippen LogP contribution in [-0.4, -0.2) is 19.5 Å². The van der Waals surface area contributed by atoms with Gasteiger partial charge in [-0.05, 0) is 53.3 Å². The Balaban J connectivity index is 1.05. The van der Waals surface area contributed by atoms with Crippen LogP contribution < -0.4 is 0 Å². The summed E-state index contributed by atoms with van der Waals surface area (Å²) < 4.78 is 9.20. The van der Waals surface area contributed by atoms with Gasteiger partial charge in [0.1, 0.15) is 11.3 Å². The molecule has 3 aromatic heterocycles. The third-order valence-electron chi connectivity index (χ3n) is 11.4. The first-order chi connectivity index (χ1) is 26.0. The molecule has 5 heteroatoms. The topological polar surface area (TPSA) is 56.7 Å². The maximum Gasteiger partial charge on any atom is 0.164 e. The molecule has 0 N–H and O–H groups in total. The quantitative estimate of drug-likeness (QED) is 0.185. The third kappa shape index (κ3) is 4.47. The normalized spacial score (nSPS) is 14.3. The molecule has 53 heavy (non-hydrogen) atoms. The number of rotatable bonds is 4. The predicted octanol–water partition coefficient (Wildman–Crippen LogP) is 12.0. The van der Waals surface area contributed by atoms with E-state index < -0.39 is 0 Å². The van der Waals surface area contributed by atoms with Crippen molar-refractivity contribution in [2.24, 2.45) is 0 Å². The maximum atomic E-state index is 6.72. The van der Waals surface area contributed by atoms with Crippen LogP contribution in [0.15, 0.2) is 144 Å². The summed E-state index contributed by atoms with van der Waals surface area (Å²) >= 11 is 0. The van der Waals surface area contributed by atoms with E-state index in [2.05, 4.69) is 103 Å². The summed E-state index contributed by atoms with van der Waals surface area (Å²) in [5.74, 6) is 2.82. The minimum atomic E-state index is -0.0526. The zero-order chi connectivity index (χ0) is 35.3. The fraction of sp³-hybridized carbons (Fsp3) is 0.104. The molecule has 0 aliphatic heterocycles. The van der Waals surface area contributed by atoms with Crippen molar-refractivity contribution in [3.8, 4) is 45.3 Å². The van der Waals surface area contributed by atoms with E-state index in [1.54, 1.807) is 0 Å². The first kappa shape index (κ1) is 30.1. The molecule has 0 saturated heterocycles. The highest BCUT2D eigenvalue weighted by Gasteiger charge is 2.37. The summed E-state index contributed by atoms with van der Waals surface area (Å²) in [6.07, 6.45) is 4.06. The van der Waals surface area contributed by atoms with Gasteiger partial charge in [0.2, 0.25) is 0 Å². The van der Waals surface area contributed by atoms with E-state index in [4.69, 9.17) is 19.4 Å². The van der Waals surface area contributed by atoms with Gasteiger partial charge in [0.15, 0.2) is 17.5 Å². The average molecular weight is 683 g/mol. The number of furan rings is 1.